The Balaban J connectivity index is 1.54. The third kappa shape index (κ3) is 4.00. The maximum atomic E-state index is 12.9. The summed E-state index contributed by atoms with van der Waals surface area (Å²) in [4.78, 5) is 27.4. The monoisotopic (exact) mass is 387 g/mol. The predicted octanol–water partition coefficient (Wildman–Crippen LogP) is 3.38. The second kappa shape index (κ2) is 7.82. The van der Waals surface area contributed by atoms with Gasteiger partial charge in [0.05, 0.1) is 0 Å². The molecule has 0 saturated heterocycles. The van der Waals surface area contributed by atoms with Crippen LogP contribution in [0.2, 0.25) is 0 Å². The average Bonchev–Trinajstić information content (AvgIpc) is 3.39. The van der Waals surface area contributed by atoms with Crippen LogP contribution in [0, 0.1) is 11.8 Å². The second-order valence-electron chi connectivity index (χ2n) is 7.28. The van der Waals surface area contributed by atoms with Gasteiger partial charge in [0.2, 0.25) is 0 Å². The Kier molecular flexibility index (Phi) is 5.07. The lowest BCUT2D eigenvalue weighted by Gasteiger charge is -2.24. The number of rotatable bonds is 3. The topological polar surface area (TPSA) is 94.2 Å². The lowest BCUT2D eigenvalue weighted by molar-refractivity contribution is 0.0706. The number of hydroxylamine groups is 1. The van der Waals surface area contributed by atoms with Crippen molar-refractivity contribution in [1.29, 1.82) is 0 Å². The van der Waals surface area contributed by atoms with Crippen molar-refractivity contribution >= 4 is 22.7 Å². The van der Waals surface area contributed by atoms with E-state index in [0.717, 1.165) is 42.1 Å². The summed E-state index contributed by atoms with van der Waals surface area (Å²) in [6.45, 7) is 0. The first kappa shape index (κ1) is 18.8. The number of para-hydroxylation sites is 1. The zero-order valence-corrected chi connectivity index (χ0v) is 15.8. The zero-order chi connectivity index (χ0) is 20.3. The molecule has 1 aromatic heterocycles. The highest BCUT2D eigenvalue weighted by molar-refractivity contribution is 5.98. The number of H-pyrrole nitrogens is 1. The standard InChI is InChI=1S/C23H21N3O3/c27-21(26-29)17-9-7-16(8-10-17)11-14-23(12-3-4-13-23)25-22(28)20-15-18-5-1-2-6-19(18)24-20/h1-2,5-10,15,24,29H,3-4,12-13H2,(H,25,28)(H,26,27). The van der Waals surface area contributed by atoms with Gasteiger partial charge in [0.1, 0.15) is 11.2 Å². The van der Waals surface area contributed by atoms with Crippen LogP contribution in [0.3, 0.4) is 0 Å². The normalized spacial score (nSPS) is 14.8. The van der Waals surface area contributed by atoms with Crippen molar-refractivity contribution in [3.63, 3.8) is 0 Å². The molecule has 4 rings (SSSR count). The molecule has 29 heavy (non-hydrogen) atoms. The van der Waals surface area contributed by atoms with Crippen LogP contribution < -0.4 is 10.8 Å². The number of hydrogen-bond donors (Lipinski definition) is 4. The average molecular weight is 387 g/mol. The van der Waals surface area contributed by atoms with Gasteiger partial charge in [-0.3, -0.25) is 14.8 Å². The molecular formula is C23H21N3O3. The van der Waals surface area contributed by atoms with E-state index >= 15 is 0 Å². The molecule has 2 aromatic carbocycles. The number of nitrogens with one attached hydrogen (secondary N) is 3. The first-order valence-corrected chi connectivity index (χ1v) is 9.57. The Morgan fingerprint density at radius 2 is 1.72 bits per heavy atom. The minimum absolute atomic E-state index is 0.160. The number of carbonyl (C=O) groups is 2. The van der Waals surface area contributed by atoms with E-state index in [0.29, 0.717) is 11.3 Å². The summed E-state index contributed by atoms with van der Waals surface area (Å²) in [5.41, 5.74) is 3.59. The number of amides is 2. The molecule has 0 unspecified atom stereocenters. The van der Waals surface area contributed by atoms with Gasteiger partial charge in [0.25, 0.3) is 11.8 Å². The quantitative estimate of drug-likeness (QED) is 0.315. The third-order valence-corrected chi connectivity index (χ3v) is 5.28. The van der Waals surface area contributed by atoms with Crippen LogP contribution in [0.5, 0.6) is 0 Å². The van der Waals surface area contributed by atoms with E-state index in [-0.39, 0.29) is 5.91 Å². The first-order valence-electron chi connectivity index (χ1n) is 9.57. The number of benzene rings is 2. The Morgan fingerprint density at radius 3 is 2.41 bits per heavy atom. The van der Waals surface area contributed by atoms with Crippen molar-refractivity contribution in [3.8, 4) is 11.8 Å². The van der Waals surface area contributed by atoms with Crippen LogP contribution in [0.15, 0.2) is 54.6 Å². The largest absolute Gasteiger partial charge is 0.351 e. The Morgan fingerprint density at radius 1 is 1.00 bits per heavy atom. The van der Waals surface area contributed by atoms with Gasteiger partial charge in [0.15, 0.2) is 0 Å². The van der Waals surface area contributed by atoms with Gasteiger partial charge in [0, 0.05) is 22.0 Å². The molecule has 1 aliphatic carbocycles. The molecule has 0 atom stereocenters. The highest BCUT2D eigenvalue weighted by Crippen LogP contribution is 2.30. The molecule has 0 bridgehead atoms. The number of hydrogen-bond acceptors (Lipinski definition) is 3. The lowest BCUT2D eigenvalue weighted by atomic mass is 9.97. The summed E-state index contributed by atoms with van der Waals surface area (Å²) in [6, 6.07) is 16.3. The Bertz CT molecular complexity index is 1080. The van der Waals surface area contributed by atoms with Gasteiger partial charge in [-0.1, -0.05) is 30.0 Å². The van der Waals surface area contributed by atoms with Gasteiger partial charge in [-0.25, -0.2) is 5.48 Å². The maximum Gasteiger partial charge on any atom is 0.274 e. The van der Waals surface area contributed by atoms with E-state index in [4.69, 9.17) is 5.21 Å². The lowest BCUT2D eigenvalue weighted by Crippen LogP contribution is -2.45. The van der Waals surface area contributed by atoms with Crippen molar-refractivity contribution in [1.82, 2.24) is 15.8 Å². The molecule has 2 amide bonds. The fourth-order valence-electron chi connectivity index (χ4n) is 3.70. The molecule has 1 fully saturated rings. The van der Waals surface area contributed by atoms with Crippen molar-refractivity contribution in [3.05, 3.63) is 71.4 Å². The molecule has 6 nitrogen and oxygen atoms in total. The fraction of sp³-hybridized carbons (Fsp3) is 0.217. The minimum atomic E-state index is -0.567. The summed E-state index contributed by atoms with van der Waals surface area (Å²) < 4.78 is 0. The number of aromatic amines is 1. The molecule has 6 heteroatoms. The summed E-state index contributed by atoms with van der Waals surface area (Å²) in [5.74, 6) is 5.66. The molecule has 0 radical (unpaired) electrons. The van der Waals surface area contributed by atoms with Crippen molar-refractivity contribution in [2.75, 3.05) is 0 Å². The highest BCUT2D eigenvalue weighted by Gasteiger charge is 2.34. The summed E-state index contributed by atoms with van der Waals surface area (Å²) in [5, 5.41) is 12.8. The van der Waals surface area contributed by atoms with Gasteiger partial charge in [-0.05, 0) is 62.1 Å². The maximum absolute atomic E-state index is 12.9. The number of carbonyl (C=O) groups excluding carboxylic acids is 2. The third-order valence-electron chi connectivity index (χ3n) is 5.28. The molecule has 1 saturated carbocycles. The van der Waals surface area contributed by atoms with E-state index in [2.05, 4.69) is 22.1 Å². The van der Waals surface area contributed by atoms with Gasteiger partial charge < -0.3 is 10.3 Å². The van der Waals surface area contributed by atoms with E-state index in [1.165, 1.54) is 0 Å². The smallest absolute Gasteiger partial charge is 0.274 e. The van der Waals surface area contributed by atoms with Gasteiger partial charge >= 0.3 is 0 Å². The van der Waals surface area contributed by atoms with E-state index in [9.17, 15) is 9.59 Å². The van der Waals surface area contributed by atoms with Gasteiger partial charge in [-0.2, -0.15) is 0 Å². The SMILES string of the molecule is O=C(NO)c1ccc(C#CC2(NC(=O)c3cc4ccccc4[nH]3)CCCC2)cc1. The van der Waals surface area contributed by atoms with Crippen LogP contribution in [-0.4, -0.2) is 27.5 Å². The number of aromatic nitrogens is 1. The Labute approximate surface area is 168 Å². The molecular weight excluding hydrogens is 366 g/mol. The Hall–Kier alpha value is -3.56. The zero-order valence-electron chi connectivity index (χ0n) is 15.8. The summed E-state index contributed by atoms with van der Waals surface area (Å²) >= 11 is 0. The molecule has 146 valence electrons. The predicted molar refractivity (Wildman–Crippen MR) is 110 cm³/mol. The minimum Gasteiger partial charge on any atom is -0.351 e. The van der Waals surface area contributed by atoms with Crippen molar-refractivity contribution in [2.24, 2.45) is 0 Å². The fourth-order valence-corrected chi connectivity index (χ4v) is 3.70. The van der Waals surface area contributed by atoms with Crippen molar-refractivity contribution < 1.29 is 14.8 Å². The number of fused-ring (bicyclic) bond motifs is 1. The van der Waals surface area contributed by atoms with E-state index in [1.807, 2.05) is 30.3 Å². The van der Waals surface area contributed by atoms with Crippen LogP contribution in [0.1, 0.15) is 52.1 Å². The van der Waals surface area contributed by atoms with Gasteiger partial charge in [-0.15, -0.1) is 0 Å². The van der Waals surface area contributed by atoms with Crippen LogP contribution in [0.4, 0.5) is 0 Å². The molecule has 0 spiro atoms. The van der Waals surface area contributed by atoms with E-state index in [1.54, 1.807) is 29.7 Å². The van der Waals surface area contributed by atoms with E-state index < -0.39 is 11.4 Å². The summed E-state index contributed by atoms with van der Waals surface area (Å²) in [7, 11) is 0. The first-order chi connectivity index (χ1) is 14.1. The van der Waals surface area contributed by atoms with Crippen LogP contribution in [-0.2, 0) is 0 Å². The van der Waals surface area contributed by atoms with Crippen molar-refractivity contribution in [2.45, 2.75) is 31.2 Å². The summed E-state index contributed by atoms with van der Waals surface area (Å²) in [6.07, 6.45) is 3.63. The molecule has 1 heterocycles. The van der Waals surface area contributed by atoms with Crippen LogP contribution >= 0.6 is 0 Å². The highest BCUT2D eigenvalue weighted by atomic mass is 16.5. The second-order valence-corrected chi connectivity index (χ2v) is 7.28. The molecule has 0 aliphatic heterocycles. The molecule has 1 aliphatic rings. The molecule has 3 aromatic rings. The molecule has 4 N–H and O–H groups in total. The van der Waals surface area contributed by atoms with Crippen LogP contribution in [0.25, 0.3) is 10.9 Å².